The standard InChI is InChI=1S/C18H19FN4O/c19-15-10-20-16(15)7-11-1-5-14(6-2-11)23-18(24)13-8-21-17(22-9-13)12-3-4-12/h1-2,5-6,8-9,12,15-16,20H,3-4,7,10H2,(H,23,24)/t15-,16-/m0/s1. The van der Waals surface area contributed by atoms with E-state index >= 15 is 0 Å². The fraction of sp³-hybridized carbons (Fsp3) is 0.389. The molecule has 2 aromatic rings. The van der Waals surface area contributed by atoms with Gasteiger partial charge in [0, 0.05) is 36.6 Å². The van der Waals surface area contributed by atoms with Crippen LogP contribution in [0, 0.1) is 0 Å². The molecular formula is C18H19FN4O. The van der Waals surface area contributed by atoms with E-state index in [2.05, 4.69) is 20.6 Å². The minimum Gasteiger partial charge on any atom is -0.322 e. The Morgan fingerprint density at radius 1 is 1.21 bits per heavy atom. The second-order valence-corrected chi connectivity index (χ2v) is 6.49. The number of rotatable bonds is 5. The van der Waals surface area contributed by atoms with Crippen LogP contribution in [0.1, 0.15) is 40.5 Å². The molecule has 0 radical (unpaired) electrons. The van der Waals surface area contributed by atoms with Gasteiger partial charge >= 0.3 is 0 Å². The molecule has 2 heterocycles. The zero-order valence-electron chi connectivity index (χ0n) is 13.2. The van der Waals surface area contributed by atoms with E-state index in [0.717, 1.165) is 24.2 Å². The number of carbonyl (C=O) groups excluding carboxylic acids is 1. The number of nitrogens with zero attached hydrogens (tertiary/aromatic N) is 2. The molecule has 1 aromatic heterocycles. The lowest BCUT2D eigenvalue weighted by Crippen LogP contribution is -2.55. The summed E-state index contributed by atoms with van der Waals surface area (Å²) in [5.74, 6) is 1.07. The molecule has 2 aliphatic rings. The fourth-order valence-corrected chi connectivity index (χ4v) is 2.76. The van der Waals surface area contributed by atoms with E-state index in [0.29, 0.717) is 30.1 Å². The third-order valence-electron chi connectivity index (χ3n) is 4.56. The number of halogens is 1. The van der Waals surface area contributed by atoms with Crippen molar-refractivity contribution in [2.75, 3.05) is 11.9 Å². The first-order valence-electron chi connectivity index (χ1n) is 8.29. The monoisotopic (exact) mass is 326 g/mol. The normalized spacial score (nSPS) is 22.7. The van der Waals surface area contributed by atoms with E-state index < -0.39 is 6.17 Å². The minimum atomic E-state index is -0.761. The number of hydrogen-bond donors (Lipinski definition) is 2. The highest BCUT2D eigenvalue weighted by atomic mass is 19.1. The SMILES string of the molecule is O=C(Nc1ccc(C[C@@H]2NC[C@@H]2F)cc1)c1cnc(C2CC2)nc1. The van der Waals surface area contributed by atoms with Crippen molar-refractivity contribution in [1.29, 1.82) is 0 Å². The smallest absolute Gasteiger partial charge is 0.258 e. The van der Waals surface area contributed by atoms with Gasteiger partial charge in [-0.1, -0.05) is 12.1 Å². The maximum Gasteiger partial charge on any atom is 0.258 e. The van der Waals surface area contributed by atoms with Crippen LogP contribution in [0.15, 0.2) is 36.7 Å². The first kappa shape index (κ1) is 15.2. The van der Waals surface area contributed by atoms with E-state index in [-0.39, 0.29) is 11.9 Å². The van der Waals surface area contributed by atoms with Crippen LogP contribution in [0.5, 0.6) is 0 Å². The van der Waals surface area contributed by atoms with Crippen molar-refractivity contribution in [3.8, 4) is 0 Å². The molecular weight excluding hydrogens is 307 g/mol. The van der Waals surface area contributed by atoms with Gasteiger partial charge in [0.2, 0.25) is 0 Å². The van der Waals surface area contributed by atoms with Crippen molar-refractivity contribution >= 4 is 11.6 Å². The van der Waals surface area contributed by atoms with Gasteiger partial charge < -0.3 is 10.6 Å². The summed E-state index contributed by atoms with van der Waals surface area (Å²) < 4.78 is 13.3. The van der Waals surface area contributed by atoms with Gasteiger partial charge in [-0.2, -0.15) is 0 Å². The molecule has 0 bridgehead atoms. The van der Waals surface area contributed by atoms with Gasteiger partial charge in [0.1, 0.15) is 12.0 Å². The molecule has 2 atom stereocenters. The number of aromatic nitrogens is 2. The maximum atomic E-state index is 13.3. The number of nitrogens with one attached hydrogen (secondary N) is 2. The zero-order chi connectivity index (χ0) is 16.5. The Balaban J connectivity index is 1.36. The average molecular weight is 326 g/mol. The second kappa shape index (κ2) is 6.28. The Hall–Kier alpha value is -2.34. The molecule has 1 amide bonds. The minimum absolute atomic E-state index is 0.0902. The van der Waals surface area contributed by atoms with Gasteiger partial charge in [0.05, 0.1) is 5.56 Å². The molecule has 24 heavy (non-hydrogen) atoms. The Morgan fingerprint density at radius 3 is 2.46 bits per heavy atom. The largest absolute Gasteiger partial charge is 0.322 e. The van der Waals surface area contributed by atoms with Gasteiger partial charge in [-0.3, -0.25) is 4.79 Å². The predicted octanol–water partition coefficient (Wildman–Crippen LogP) is 2.46. The molecule has 0 spiro atoms. The summed E-state index contributed by atoms with van der Waals surface area (Å²) in [7, 11) is 0. The molecule has 4 rings (SSSR count). The topological polar surface area (TPSA) is 66.9 Å². The number of carbonyl (C=O) groups is 1. The van der Waals surface area contributed by atoms with Crippen LogP contribution in [0.4, 0.5) is 10.1 Å². The Morgan fingerprint density at radius 2 is 1.92 bits per heavy atom. The maximum absolute atomic E-state index is 13.3. The van der Waals surface area contributed by atoms with E-state index in [1.54, 1.807) is 12.4 Å². The summed E-state index contributed by atoms with van der Waals surface area (Å²) in [6, 6.07) is 7.40. The van der Waals surface area contributed by atoms with Gasteiger partial charge in [-0.05, 0) is 37.0 Å². The van der Waals surface area contributed by atoms with Gasteiger partial charge in [-0.15, -0.1) is 0 Å². The number of amides is 1. The second-order valence-electron chi connectivity index (χ2n) is 6.49. The van der Waals surface area contributed by atoms with Crippen molar-refractivity contribution in [2.24, 2.45) is 0 Å². The predicted molar refractivity (Wildman–Crippen MR) is 88.8 cm³/mol. The summed E-state index contributed by atoms with van der Waals surface area (Å²) in [6.45, 7) is 0.445. The molecule has 1 aliphatic carbocycles. The lowest BCUT2D eigenvalue weighted by molar-refractivity contribution is 0.102. The van der Waals surface area contributed by atoms with E-state index in [1.165, 1.54) is 0 Å². The number of benzene rings is 1. The molecule has 1 aromatic carbocycles. The highest BCUT2D eigenvalue weighted by molar-refractivity contribution is 6.03. The summed E-state index contributed by atoms with van der Waals surface area (Å²) in [6.07, 6.45) is 5.32. The number of anilines is 1. The average Bonchev–Trinajstić information content (AvgIpc) is 3.45. The molecule has 5 nitrogen and oxygen atoms in total. The van der Waals surface area contributed by atoms with Crippen molar-refractivity contribution < 1.29 is 9.18 Å². The third kappa shape index (κ3) is 3.28. The van der Waals surface area contributed by atoms with Crippen molar-refractivity contribution in [3.05, 3.63) is 53.6 Å². The molecule has 1 saturated carbocycles. The van der Waals surface area contributed by atoms with E-state index in [4.69, 9.17) is 0 Å². The van der Waals surface area contributed by atoms with Crippen LogP contribution in [0.25, 0.3) is 0 Å². The molecule has 1 saturated heterocycles. The highest BCUT2D eigenvalue weighted by Crippen LogP contribution is 2.37. The van der Waals surface area contributed by atoms with Crippen LogP contribution in [-0.4, -0.2) is 34.6 Å². The first-order valence-corrected chi connectivity index (χ1v) is 8.29. The number of alkyl halides is 1. The van der Waals surface area contributed by atoms with Gasteiger partial charge in [0.15, 0.2) is 0 Å². The molecule has 0 unspecified atom stereocenters. The highest BCUT2D eigenvalue weighted by Gasteiger charge is 2.29. The van der Waals surface area contributed by atoms with Crippen LogP contribution in [-0.2, 0) is 6.42 Å². The summed E-state index contributed by atoms with van der Waals surface area (Å²) in [5, 5.41) is 5.90. The van der Waals surface area contributed by atoms with Crippen molar-refractivity contribution in [2.45, 2.75) is 37.4 Å². The molecule has 124 valence electrons. The fourth-order valence-electron chi connectivity index (χ4n) is 2.76. The quantitative estimate of drug-likeness (QED) is 0.886. The Bertz CT molecular complexity index is 728. The summed E-state index contributed by atoms with van der Waals surface area (Å²) >= 11 is 0. The van der Waals surface area contributed by atoms with Crippen molar-refractivity contribution in [1.82, 2.24) is 15.3 Å². The van der Waals surface area contributed by atoms with Crippen LogP contribution >= 0.6 is 0 Å². The molecule has 6 heteroatoms. The lowest BCUT2D eigenvalue weighted by atomic mass is 9.96. The first-order chi connectivity index (χ1) is 11.7. The van der Waals surface area contributed by atoms with Gasteiger partial charge in [-0.25, -0.2) is 14.4 Å². The van der Waals surface area contributed by atoms with Crippen molar-refractivity contribution in [3.63, 3.8) is 0 Å². The summed E-state index contributed by atoms with van der Waals surface area (Å²) in [5.41, 5.74) is 2.20. The Labute approximate surface area is 139 Å². The van der Waals surface area contributed by atoms with E-state index in [1.807, 2.05) is 24.3 Å². The third-order valence-corrected chi connectivity index (χ3v) is 4.56. The molecule has 2 fully saturated rings. The molecule has 1 aliphatic heterocycles. The number of hydrogen-bond acceptors (Lipinski definition) is 4. The molecule has 2 N–H and O–H groups in total. The van der Waals surface area contributed by atoms with Crippen LogP contribution in [0.2, 0.25) is 0 Å². The van der Waals surface area contributed by atoms with Gasteiger partial charge in [0.25, 0.3) is 5.91 Å². The van der Waals surface area contributed by atoms with Crippen LogP contribution < -0.4 is 10.6 Å². The lowest BCUT2D eigenvalue weighted by Gasteiger charge is -2.32. The van der Waals surface area contributed by atoms with Crippen LogP contribution in [0.3, 0.4) is 0 Å². The zero-order valence-corrected chi connectivity index (χ0v) is 13.2. The van der Waals surface area contributed by atoms with E-state index in [9.17, 15) is 9.18 Å². The summed E-state index contributed by atoms with van der Waals surface area (Å²) in [4.78, 5) is 20.7. The Kier molecular flexibility index (Phi) is 3.98.